The number of rotatable bonds is 5. The molecule has 1 nitrogen and oxygen atoms in total. The molecule has 0 aromatic heterocycles. The van der Waals surface area contributed by atoms with Crippen molar-refractivity contribution < 1.29 is 4.79 Å². The molecule has 0 fully saturated rings. The Balaban J connectivity index is 2.24. The summed E-state index contributed by atoms with van der Waals surface area (Å²) < 4.78 is 0. The standard InChI is InChI=1S/C14H16O/c1-3-14(15)7-5-4-6-13-10-8-12(2)9-11-13/h1,8-11H,4-7H2,2H3. The first-order chi connectivity index (χ1) is 7.22. The lowest BCUT2D eigenvalue weighted by atomic mass is 10.0. The molecule has 0 amide bonds. The predicted molar refractivity (Wildman–Crippen MR) is 62.6 cm³/mol. The molecule has 1 heteroatoms. The number of hydrogen-bond acceptors (Lipinski definition) is 1. The lowest BCUT2D eigenvalue weighted by Gasteiger charge is -2.00. The highest BCUT2D eigenvalue weighted by molar-refractivity contribution is 5.94. The second kappa shape index (κ2) is 6.03. The molecule has 0 radical (unpaired) electrons. The van der Waals surface area contributed by atoms with Gasteiger partial charge in [0.25, 0.3) is 0 Å². The average Bonchev–Trinajstić information content (AvgIpc) is 2.26. The van der Waals surface area contributed by atoms with E-state index in [0.29, 0.717) is 6.42 Å². The quantitative estimate of drug-likeness (QED) is 0.406. The van der Waals surface area contributed by atoms with Crippen LogP contribution in [0.15, 0.2) is 24.3 Å². The van der Waals surface area contributed by atoms with Crippen molar-refractivity contribution in [1.82, 2.24) is 0 Å². The van der Waals surface area contributed by atoms with Gasteiger partial charge in [0.15, 0.2) is 0 Å². The van der Waals surface area contributed by atoms with Crippen LogP contribution >= 0.6 is 0 Å². The maximum atomic E-state index is 10.8. The monoisotopic (exact) mass is 200 g/mol. The number of unbranched alkanes of at least 4 members (excludes halogenated alkanes) is 1. The van der Waals surface area contributed by atoms with Gasteiger partial charge in [-0.3, -0.25) is 4.79 Å². The smallest absolute Gasteiger partial charge is 0.205 e. The van der Waals surface area contributed by atoms with Crippen LogP contribution in [0.3, 0.4) is 0 Å². The van der Waals surface area contributed by atoms with Gasteiger partial charge in [0, 0.05) is 6.42 Å². The molecule has 0 N–H and O–H groups in total. The van der Waals surface area contributed by atoms with Gasteiger partial charge in [-0.1, -0.05) is 29.8 Å². The van der Waals surface area contributed by atoms with Crippen LogP contribution in [0.5, 0.6) is 0 Å². The molecule has 0 bridgehead atoms. The number of hydrogen-bond donors (Lipinski definition) is 0. The summed E-state index contributed by atoms with van der Waals surface area (Å²) in [7, 11) is 0. The normalized spacial score (nSPS) is 9.60. The van der Waals surface area contributed by atoms with E-state index in [1.54, 1.807) is 0 Å². The zero-order valence-corrected chi connectivity index (χ0v) is 9.12. The number of terminal acetylenes is 1. The third-order valence-corrected chi connectivity index (χ3v) is 2.40. The van der Waals surface area contributed by atoms with Crippen LogP contribution in [0.25, 0.3) is 0 Å². The van der Waals surface area contributed by atoms with Crippen molar-refractivity contribution in [2.45, 2.75) is 32.6 Å². The largest absolute Gasteiger partial charge is 0.285 e. The van der Waals surface area contributed by atoms with E-state index in [1.807, 2.05) is 0 Å². The van der Waals surface area contributed by atoms with E-state index in [0.717, 1.165) is 19.3 Å². The Morgan fingerprint density at radius 1 is 1.27 bits per heavy atom. The van der Waals surface area contributed by atoms with E-state index in [4.69, 9.17) is 6.42 Å². The van der Waals surface area contributed by atoms with Crippen molar-refractivity contribution in [1.29, 1.82) is 0 Å². The molecule has 0 atom stereocenters. The second-order valence-electron chi connectivity index (χ2n) is 3.76. The number of Topliss-reactive ketones (excluding diaryl/α,β-unsaturated/α-hetero) is 1. The highest BCUT2D eigenvalue weighted by atomic mass is 16.1. The number of aryl methyl sites for hydroxylation is 2. The molecule has 78 valence electrons. The van der Waals surface area contributed by atoms with E-state index in [-0.39, 0.29) is 5.78 Å². The van der Waals surface area contributed by atoms with Crippen molar-refractivity contribution in [2.24, 2.45) is 0 Å². The third kappa shape index (κ3) is 4.46. The molecule has 0 heterocycles. The minimum Gasteiger partial charge on any atom is -0.285 e. The van der Waals surface area contributed by atoms with Crippen molar-refractivity contribution in [3.63, 3.8) is 0 Å². The Morgan fingerprint density at radius 2 is 1.93 bits per heavy atom. The Labute approximate surface area is 91.5 Å². The van der Waals surface area contributed by atoms with E-state index in [2.05, 4.69) is 37.1 Å². The number of benzene rings is 1. The van der Waals surface area contributed by atoms with Crippen molar-refractivity contribution in [2.75, 3.05) is 0 Å². The van der Waals surface area contributed by atoms with Gasteiger partial charge in [0.1, 0.15) is 0 Å². The van der Waals surface area contributed by atoms with Crippen LogP contribution in [0.4, 0.5) is 0 Å². The maximum absolute atomic E-state index is 10.8. The van der Waals surface area contributed by atoms with E-state index in [1.165, 1.54) is 11.1 Å². The van der Waals surface area contributed by atoms with Crippen LogP contribution in [0.2, 0.25) is 0 Å². The molecule has 0 aliphatic heterocycles. The van der Waals surface area contributed by atoms with Gasteiger partial charge in [0.05, 0.1) is 0 Å². The number of ketones is 1. The lowest BCUT2D eigenvalue weighted by molar-refractivity contribution is -0.113. The molecule has 0 spiro atoms. The van der Waals surface area contributed by atoms with Gasteiger partial charge >= 0.3 is 0 Å². The summed E-state index contributed by atoms with van der Waals surface area (Å²) >= 11 is 0. The van der Waals surface area contributed by atoms with Gasteiger partial charge < -0.3 is 0 Å². The van der Waals surface area contributed by atoms with Gasteiger partial charge in [-0.15, -0.1) is 6.42 Å². The van der Waals surface area contributed by atoms with Crippen LogP contribution in [0.1, 0.15) is 30.4 Å². The second-order valence-corrected chi connectivity index (χ2v) is 3.76. The number of carbonyl (C=O) groups excluding carboxylic acids is 1. The van der Waals surface area contributed by atoms with Gasteiger partial charge in [-0.05, 0) is 37.7 Å². The van der Waals surface area contributed by atoms with E-state index < -0.39 is 0 Å². The first-order valence-electron chi connectivity index (χ1n) is 5.27. The summed E-state index contributed by atoms with van der Waals surface area (Å²) in [5.41, 5.74) is 2.61. The summed E-state index contributed by atoms with van der Waals surface area (Å²) in [5, 5.41) is 0. The molecule has 0 saturated heterocycles. The van der Waals surface area contributed by atoms with Gasteiger partial charge in [0.2, 0.25) is 5.78 Å². The Kier molecular flexibility index (Phi) is 4.63. The van der Waals surface area contributed by atoms with Crippen LogP contribution in [0, 0.1) is 19.3 Å². The molecule has 0 aliphatic carbocycles. The summed E-state index contributed by atoms with van der Waals surface area (Å²) in [6.45, 7) is 2.08. The minimum absolute atomic E-state index is 0.0843. The molecule has 0 unspecified atom stereocenters. The molecule has 15 heavy (non-hydrogen) atoms. The summed E-state index contributed by atoms with van der Waals surface area (Å²) in [6, 6.07) is 8.50. The predicted octanol–water partition coefficient (Wildman–Crippen LogP) is 2.91. The first kappa shape index (κ1) is 11.5. The number of carbonyl (C=O) groups is 1. The maximum Gasteiger partial charge on any atom is 0.205 e. The van der Waals surface area contributed by atoms with Crippen molar-refractivity contribution >= 4 is 5.78 Å². The fourth-order valence-electron chi connectivity index (χ4n) is 1.44. The SMILES string of the molecule is C#CC(=O)CCCCc1ccc(C)cc1. The topological polar surface area (TPSA) is 17.1 Å². The molecular formula is C14H16O. The molecule has 0 saturated carbocycles. The summed E-state index contributed by atoms with van der Waals surface area (Å²) in [6.07, 6.45) is 8.43. The minimum atomic E-state index is -0.0843. The Morgan fingerprint density at radius 3 is 2.53 bits per heavy atom. The summed E-state index contributed by atoms with van der Waals surface area (Å²) in [5.74, 6) is 2.05. The highest BCUT2D eigenvalue weighted by Crippen LogP contribution is 2.08. The van der Waals surface area contributed by atoms with Crippen molar-refractivity contribution in [3.05, 3.63) is 35.4 Å². The zero-order chi connectivity index (χ0) is 11.1. The zero-order valence-electron chi connectivity index (χ0n) is 9.12. The molecule has 0 aliphatic rings. The third-order valence-electron chi connectivity index (χ3n) is 2.40. The van der Waals surface area contributed by atoms with E-state index in [9.17, 15) is 4.79 Å². The van der Waals surface area contributed by atoms with Crippen LogP contribution < -0.4 is 0 Å². The van der Waals surface area contributed by atoms with Gasteiger partial charge in [-0.25, -0.2) is 0 Å². The Hall–Kier alpha value is -1.55. The van der Waals surface area contributed by atoms with Crippen LogP contribution in [-0.4, -0.2) is 5.78 Å². The fraction of sp³-hybridized carbons (Fsp3) is 0.357. The van der Waals surface area contributed by atoms with Crippen LogP contribution in [-0.2, 0) is 11.2 Å². The first-order valence-corrected chi connectivity index (χ1v) is 5.27. The lowest BCUT2D eigenvalue weighted by Crippen LogP contribution is -1.93. The molecule has 1 aromatic rings. The molecular weight excluding hydrogens is 184 g/mol. The molecule has 1 aromatic carbocycles. The van der Waals surface area contributed by atoms with Crippen molar-refractivity contribution in [3.8, 4) is 12.3 Å². The summed E-state index contributed by atoms with van der Waals surface area (Å²) in [4.78, 5) is 10.8. The average molecular weight is 200 g/mol. The molecule has 1 rings (SSSR count). The Bertz CT molecular complexity index is 354. The van der Waals surface area contributed by atoms with Gasteiger partial charge in [-0.2, -0.15) is 0 Å². The fourth-order valence-corrected chi connectivity index (χ4v) is 1.44. The highest BCUT2D eigenvalue weighted by Gasteiger charge is 1.97. The van der Waals surface area contributed by atoms with E-state index >= 15 is 0 Å².